The lowest BCUT2D eigenvalue weighted by molar-refractivity contribution is -0.142. The van der Waals surface area contributed by atoms with Crippen molar-refractivity contribution in [2.24, 2.45) is 5.92 Å². The monoisotopic (exact) mass is 491 g/mol. The Labute approximate surface area is 206 Å². The molecule has 0 saturated heterocycles. The van der Waals surface area contributed by atoms with Crippen LogP contribution in [-0.4, -0.2) is 40.7 Å². The number of carboxylic acid groups (broad SMARTS) is 1. The fraction of sp³-hybridized carbons (Fsp3) is 0.308. The number of aromatic nitrogens is 1. The van der Waals surface area contributed by atoms with E-state index in [9.17, 15) is 19.5 Å². The Morgan fingerprint density at radius 3 is 2.40 bits per heavy atom. The third-order valence-corrected chi connectivity index (χ3v) is 7.51. The molecule has 1 aromatic heterocycles. The number of alkyl carbamates (subject to hydrolysis) is 1. The minimum Gasteiger partial charge on any atom is -0.481 e. The Morgan fingerprint density at radius 1 is 1.03 bits per heavy atom. The van der Waals surface area contributed by atoms with Crippen molar-refractivity contribution in [1.82, 2.24) is 15.6 Å². The van der Waals surface area contributed by atoms with E-state index in [4.69, 9.17) is 4.74 Å². The molecule has 0 unspecified atom stereocenters. The highest BCUT2D eigenvalue weighted by molar-refractivity contribution is 7.09. The van der Waals surface area contributed by atoms with E-state index in [1.165, 1.54) is 11.3 Å². The molecular formula is C26H25N3O5S. The molecule has 9 heteroatoms. The minimum atomic E-state index is -0.890. The van der Waals surface area contributed by atoms with Gasteiger partial charge >= 0.3 is 12.1 Å². The molecule has 5 rings (SSSR count). The van der Waals surface area contributed by atoms with Crippen LogP contribution in [0.3, 0.4) is 0 Å². The standard InChI is InChI=1S/C26H25N3O5S/c30-24(29-21-11-5-10-19(21)25(31)32)22-14-35-23(28-22)12-27-26(33)34-13-20-17-8-3-1-6-15(17)16-7-2-4-9-18(16)20/h1-4,6-9,14,19-21H,5,10-13H2,(H,27,33)(H,29,30)(H,31,32)/t19-,21+/m1/s1. The second-order valence-electron chi connectivity index (χ2n) is 8.76. The molecule has 0 spiro atoms. The summed E-state index contributed by atoms with van der Waals surface area (Å²) >= 11 is 1.25. The van der Waals surface area contributed by atoms with E-state index in [-0.39, 0.29) is 30.8 Å². The summed E-state index contributed by atoms with van der Waals surface area (Å²) in [6.45, 7) is 0.354. The summed E-state index contributed by atoms with van der Waals surface area (Å²) in [6, 6.07) is 15.9. The Hall–Kier alpha value is -3.72. The summed E-state index contributed by atoms with van der Waals surface area (Å²) in [6.07, 6.45) is 1.42. The molecule has 2 aliphatic rings. The first-order valence-electron chi connectivity index (χ1n) is 11.6. The molecule has 2 aromatic carbocycles. The summed E-state index contributed by atoms with van der Waals surface area (Å²) in [4.78, 5) is 40.5. The molecule has 180 valence electrons. The van der Waals surface area contributed by atoms with Crippen LogP contribution in [0.2, 0.25) is 0 Å². The lowest BCUT2D eigenvalue weighted by Crippen LogP contribution is -2.40. The number of hydrogen-bond acceptors (Lipinski definition) is 6. The maximum absolute atomic E-state index is 12.5. The van der Waals surface area contributed by atoms with Gasteiger partial charge in [-0.3, -0.25) is 9.59 Å². The number of nitrogens with one attached hydrogen (secondary N) is 2. The number of thiazole rings is 1. The average molecular weight is 492 g/mol. The Balaban J connectivity index is 1.14. The topological polar surface area (TPSA) is 118 Å². The first-order valence-corrected chi connectivity index (χ1v) is 12.5. The van der Waals surface area contributed by atoms with Crippen LogP contribution in [-0.2, 0) is 16.1 Å². The zero-order chi connectivity index (χ0) is 24.4. The molecule has 1 saturated carbocycles. The molecule has 2 amide bonds. The van der Waals surface area contributed by atoms with Crippen molar-refractivity contribution in [2.75, 3.05) is 6.61 Å². The number of carbonyl (C=O) groups excluding carboxylic acids is 2. The third kappa shape index (κ3) is 4.77. The molecule has 0 bridgehead atoms. The Morgan fingerprint density at radius 2 is 1.71 bits per heavy atom. The zero-order valence-corrected chi connectivity index (χ0v) is 19.7. The van der Waals surface area contributed by atoms with Crippen LogP contribution in [0.4, 0.5) is 4.79 Å². The molecule has 1 heterocycles. The number of ether oxygens (including phenoxy) is 1. The van der Waals surface area contributed by atoms with Gasteiger partial charge in [0.05, 0.1) is 12.5 Å². The second-order valence-corrected chi connectivity index (χ2v) is 9.70. The van der Waals surface area contributed by atoms with E-state index >= 15 is 0 Å². The van der Waals surface area contributed by atoms with Gasteiger partial charge in [-0.05, 0) is 35.1 Å². The Kier molecular flexibility index (Phi) is 6.50. The summed E-state index contributed by atoms with van der Waals surface area (Å²) < 4.78 is 5.53. The molecule has 2 aliphatic carbocycles. The van der Waals surface area contributed by atoms with Gasteiger partial charge in [0, 0.05) is 17.3 Å². The lowest BCUT2D eigenvalue weighted by atomic mass is 9.98. The summed E-state index contributed by atoms with van der Waals surface area (Å²) in [7, 11) is 0. The van der Waals surface area contributed by atoms with Crippen molar-refractivity contribution < 1.29 is 24.2 Å². The van der Waals surface area contributed by atoms with Crippen LogP contribution in [0.25, 0.3) is 11.1 Å². The fourth-order valence-electron chi connectivity index (χ4n) is 4.96. The summed E-state index contributed by atoms with van der Waals surface area (Å²) in [5.41, 5.74) is 4.83. The SMILES string of the molecule is O=C(NCc1nc(C(=O)N[C@H]2CCC[C@H]2C(=O)O)cs1)OCC1c2ccccc2-c2ccccc21. The molecular weight excluding hydrogens is 466 g/mol. The molecule has 3 aromatic rings. The molecule has 8 nitrogen and oxygen atoms in total. The first kappa shape index (κ1) is 23.0. The van der Waals surface area contributed by atoms with Gasteiger partial charge in [-0.25, -0.2) is 9.78 Å². The maximum Gasteiger partial charge on any atom is 0.407 e. The van der Waals surface area contributed by atoms with Gasteiger partial charge in [0.25, 0.3) is 5.91 Å². The number of benzene rings is 2. The fourth-order valence-corrected chi connectivity index (χ4v) is 5.68. The number of carboxylic acids is 1. The molecule has 2 atom stereocenters. The lowest BCUT2D eigenvalue weighted by Gasteiger charge is -2.16. The van der Waals surface area contributed by atoms with E-state index in [0.29, 0.717) is 17.8 Å². The first-order chi connectivity index (χ1) is 17.0. The van der Waals surface area contributed by atoms with Crippen molar-refractivity contribution in [3.8, 4) is 11.1 Å². The zero-order valence-electron chi connectivity index (χ0n) is 18.9. The third-order valence-electron chi connectivity index (χ3n) is 6.66. The van der Waals surface area contributed by atoms with Gasteiger partial charge in [-0.15, -0.1) is 11.3 Å². The summed E-state index contributed by atoms with van der Waals surface area (Å²) in [5, 5.41) is 16.9. The number of amides is 2. The second kappa shape index (κ2) is 9.87. The van der Waals surface area contributed by atoms with Gasteiger partial charge in [0.1, 0.15) is 17.3 Å². The molecule has 1 fully saturated rings. The highest BCUT2D eigenvalue weighted by atomic mass is 32.1. The van der Waals surface area contributed by atoms with Gasteiger partial charge in [0.15, 0.2) is 0 Å². The van der Waals surface area contributed by atoms with Crippen LogP contribution in [0.1, 0.15) is 51.8 Å². The van der Waals surface area contributed by atoms with Crippen LogP contribution in [0.15, 0.2) is 53.9 Å². The van der Waals surface area contributed by atoms with Crippen molar-refractivity contribution in [1.29, 1.82) is 0 Å². The Bertz CT molecular complexity index is 1230. The van der Waals surface area contributed by atoms with E-state index in [0.717, 1.165) is 28.7 Å². The van der Waals surface area contributed by atoms with Crippen molar-refractivity contribution in [3.05, 3.63) is 75.7 Å². The molecule has 35 heavy (non-hydrogen) atoms. The molecule has 0 radical (unpaired) electrons. The normalized spacial score (nSPS) is 18.5. The number of rotatable bonds is 7. The van der Waals surface area contributed by atoms with Gasteiger partial charge in [0.2, 0.25) is 0 Å². The van der Waals surface area contributed by atoms with Crippen molar-refractivity contribution in [2.45, 2.75) is 37.8 Å². The highest BCUT2D eigenvalue weighted by Gasteiger charge is 2.34. The van der Waals surface area contributed by atoms with Crippen LogP contribution < -0.4 is 10.6 Å². The van der Waals surface area contributed by atoms with E-state index < -0.39 is 23.9 Å². The van der Waals surface area contributed by atoms with Crippen LogP contribution in [0.5, 0.6) is 0 Å². The maximum atomic E-state index is 12.5. The van der Waals surface area contributed by atoms with E-state index in [1.807, 2.05) is 24.3 Å². The number of nitrogens with zero attached hydrogens (tertiary/aromatic N) is 1. The van der Waals surface area contributed by atoms with Gasteiger partial charge in [-0.2, -0.15) is 0 Å². The molecule has 3 N–H and O–H groups in total. The van der Waals surface area contributed by atoms with E-state index in [2.05, 4.69) is 39.9 Å². The van der Waals surface area contributed by atoms with Gasteiger partial charge < -0.3 is 20.5 Å². The number of carbonyl (C=O) groups is 3. The van der Waals surface area contributed by atoms with Crippen LogP contribution >= 0.6 is 11.3 Å². The minimum absolute atomic E-state index is 0.0199. The highest BCUT2D eigenvalue weighted by Crippen LogP contribution is 2.44. The quantitative estimate of drug-likeness (QED) is 0.457. The smallest absolute Gasteiger partial charge is 0.407 e. The van der Waals surface area contributed by atoms with Crippen molar-refractivity contribution in [3.63, 3.8) is 0 Å². The molecule has 0 aliphatic heterocycles. The van der Waals surface area contributed by atoms with E-state index in [1.54, 1.807) is 5.38 Å². The van der Waals surface area contributed by atoms with Crippen LogP contribution in [0, 0.1) is 5.92 Å². The van der Waals surface area contributed by atoms with Crippen molar-refractivity contribution >= 4 is 29.3 Å². The number of hydrogen-bond donors (Lipinski definition) is 3. The predicted octanol–water partition coefficient (Wildman–Crippen LogP) is 4.16. The predicted molar refractivity (Wildman–Crippen MR) is 130 cm³/mol. The summed E-state index contributed by atoms with van der Waals surface area (Å²) in [5.74, 6) is -1.87. The largest absolute Gasteiger partial charge is 0.481 e. The average Bonchev–Trinajstić information content (AvgIpc) is 3.59. The van der Waals surface area contributed by atoms with Gasteiger partial charge in [-0.1, -0.05) is 55.0 Å². The number of fused-ring (bicyclic) bond motifs is 3. The number of aliphatic carboxylic acids is 1.